The second-order valence-corrected chi connectivity index (χ2v) is 4.48. The topological polar surface area (TPSA) is 75.3 Å². The molecule has 1 unspecified atom stereocenters. The van der Waals surface area contributed by atoms with Crippen molar-refractivity contribution in [3.63, 3.8) is 0 Å². The minimum atomic E-state index is -1.43. The van der Waals surface area contributed by atoms with Crippen LogP contribution >= 0.6 is 11.6 Å². The van der Waals surface area contributed by atoms with E-state index < -0.39 is 23.1 Å². The average molecular weight is 251 g/mol. The van der Waals surface area contributed by atoms with Crippen molar-refractivity contribution in [3.8, 4) is 0 Å². The summed E-state index contributed by atoms with van der Waals surface area (Å²) < 4.78 is 0. The van der Waals surface area contributed by atoms with Crippen LogP contribution in [0.3, 0.4) is 0 Å². The number of fused-ring (bicyclic) bond motifs is 2. The zero-order valence-corrected chi connectivity index (χ0v) is 9.30. The fraction of sp³-hybridized carbons (Fsp3) is 0.182. The predicted molar refractivity (Wildman–Crippen MR) is 59.5 cm³/mol. The van der Waals surface area contributed by atoms with E-state index in [-0.39, 0.29) is 6.42 Å². The van der Waals surface area contributed by atoms with Crippen molar-refractivity contribution in [1.82, 2.24) is 5.32 Å². The molecular weight excluding hydrogens is 244 g/mol. The highest BCUT2D eigenvalue weighted by Gasteiger charge is 2.58. The Labute approximate surface area is 101 Å². The number of carbonyl (C=O) groups excluding carboxylic acids is 3. The fourth-order valence-electron chi connectivity index (χ4n) is 2.35. The Balaban J connectivity index is 2.28. The molecule has 0 aromatic heterocycles. The van der Waals surface area contributed by atoms with Crippen LogP contribution in [0.15, 0.2) is 18.2 Å². The van der Waals surface area contributed by atoms with Crippen LogP contribution in [0, 0.1) is 0 Å². The van der Waals surface area contributed by atoms with Gasteiger partial charge in [-0.15, -0.1) is 0 Å². The molecule has 1 aromatic carbocycles. The molecule has 2 heterocycles. The number of amides is 3. The van der Waals surface area contributed by atoms with Gasteiger partial charge >= 0.3 is 0 Å². The lowest BCUT2D eigenvalue weighted by atomic mass is 9.80. The number of para-hydroxylation sites is 1. The van der Waals surface area contributed by atoms with Crippen LogP contribution in [0.25, 0.3) is 0 Å². The zero-order chi connectivity index (χ0) is 12.2. The number of rotatable bonds is 0. The van der Waals surface area contributed by atoms with Crippen molar-refractivity contribution >= 4 is 35.0 Å². The van der Waals surface area contributed by atoms with Crippen LogP contribution in [0.5, 0.6) is 0 Å². The highest BCUT2D eigenvalue weighted by molar-refractivity contribution is 6.37. The molecule has 3 rings (SSSR count). The van der Waals surface area contributed by atoms with Gasteiger partial charge in [-0.2, -0.15) is 0 Å². The maximum Gasteiger partial charge on any atom is 0.247 e. The SMILES string of the molecule is O=C1CC2(C(=O)N1)C(=O)Nc1c(Cl)cccc12. The molecule has 1 atom stereocenters. The summed E-state index contributed by atoms with van der Waals surface area (Å²) in [7, 11) is 0. The lowest BCUT2D eigenvalue weighted by molar-refractivity contribution is -0.131. The number of carbonyl (C=O) groups is 3. The van der Waals surface area contributed by atoms with E-state index in [2.05, 4.69) is 10.6 Å². The molecule has 2 aliphatic rings. The van der Waals surface area contributed by atoms with E-state index in [9.17, 15) is 14.4 Å². The molecule has 5 nitrogen and oxygen atoms in total. The molecule has 17 heavy (non-hydrogen) atoms. The third kappa shape index (κ3) is 1.12. The Morgan fingerprint density at radius 2 is 1.82 bits per heavy atom. The van der Waals surface area contributed by atoms with Crippen LogP contribution in [-0.2, 0) is 19.8 Å². The first-order valence-corrected chi connectivity index (χ1v) is 5.38. The zero-order valence-electron chi connectivity index (χ0n) is 8.54. The molecule has 86 valence electrons. The van der Waals surface area contributed by atoms with Gasteiger partial charge in [0, 0.05) is 5.56 Å². The highest BCUT2D eigenvalue weighted by Crippen LogP contribution is 2.45. The Morgan fingerprint density at radius 3 is 2.47 bits per heavy atom. The van der Waals surface area contributed by atoms with E-state index in [1.54, 1.807) is 18.2 Å². The molecule has 0 saturated carbocycles. The van der Waals surface area contributed by atoms with Crippen molar-refractivity contribution in [3.05, 3.63) is 28.8 Å². The van der Waals surface area contributed by atoms with E-state index >= 15 is 0 Å². The average Bonchev–Trinajstić information content (AvgIpc) is 2.71. The first-order chi connectivity index (χ1) is 8.05. The van der Waals surface area contributed by atoms with Crippen molar-refractivity contribution < 1.29 is 14.4 Å². The van der Waals surface area contributed by atoms with Gasteiger partial charge in [-0.05, 0) is 6.07 Å². The number of hydrogen-bond donors (Lipinski definition) is 2. The Morgan fingerprint density at radius 1 is 1.12 bits per heavy atom. The predicted octanol–water partition coefficient (Wildman–Crippen LogP) is 0.576. The summed E-state index contributed by atoms with van der Waals surface area (Å²) in [6.07, 6.45) is -0.162. The minimum absolute atomic E-state index is 0.162. The first-order valence-electron chi connectivity index (χ1n) is 5.00. The molecule has 0 radical (unpaired) electrons. The second-order valence-electron chi connectivity index (χ2n) is 4.08. The summed E-state index contributed by atoms with van der Waals surface area (Å²) in [6, 6.07) is 4.91. The van der Waals surface area contributed by atoms with Gasteiger partial charge in [0.1, 0.15) is 0 Å². The van der Waals surface area contributed by atoms with Gasteiger partial charge in [0.2, 0.25) is 17.7 Å². The van der Waals surface area contributed by atoms with Gasteiger partial charge in [0.15, 0.2) is 5.41 Å². The minimum Gasteiger partial charge on any atom is -0.323 e. The van der Waals surface area contributed by atoms with Gasteiger partial charge < -0.3 is 5.32 Å². The van der Waals surface area contributed by atoms with Crippen molar-refractivity contribution in [2.45, 2.75) is 11.8 Å². The number of benzene rings is 1. The number of anilines is 1. The third-order valence-electron chi connectivity index (χ3n) is 3.17. The van der Waals surface area contributed by atoms with Crippen LogP contribution < -0.4 is 10.6 Å². The van der Waals surface area contributed by atoms with Crippen molar-refractivity contribution in [2.75, 3.05) is 5.32 Å². The first kappa shape index (κ1) is 10.3. The molecule has 1 saturated heterocycles. The summed E-state index contributed by atoms with van der Waals surface area (Å²) in [4.78, 5) is 35.1. The lowest BCUT2D eigenvalue weighted by Crippen LogP contribution is -2.41. The van der Waals surface area contributed by atoms with Gasteiger partial charge in [-0.1, -0.05) is 23.7 Å². The molecule has 1 fully saturated rings. The molecular formula is C11H7ClN2O3. The number of imide groups is 1. The third-order valence-corrected chi connectivity index (χ3v) is 3.48. The number of hydrogen-bond acceptors (Lipinski definition) is 3. The van der Waals surface area contributed by atoms with Gasteiger partial charge in [-0.25, -0.2) is 0 Å². The van der Waals surface area contributed by atoms with Gasteiger partial charge in [0.25, 0.3) is 0 Å². The fourth-order valence-corrected chi connectivity index (χ4v) is 2.57. The summed E-state index contributed by atoms with van der Waals surface area (Å²) in [6.45, 7) is 0. The number of nitrogens with one attached hydrogen (secondary N) is 2. The largest absolute Gasteiger partial charge is 0.323 e. The normalized spacial score (nSPS) is 26.1. The number of halogens is 1. The van der Waals surface area contributed by atoms with Crippen molar-refractivity contribution in [2.24, 2.45) is 0 Å². The van der Waals surface area contributed by atoms with Crippen LogP contribution in [0.1, 0.15) is 12.0 Å². The molecule has 1 aromatic rings. The van der Waals surface area contributed by atoms with Crippen LogP contribution in [0.4, 0.5) is 5.69 Å². The summed E-state index contributed by atoms with van der Waals surface area (Å²) in [5.74, 6) is -1.53. The Kier molecular flexibility index (Phi) is 1.86. The smallest absolute Gasteiger partial charge is 0.247 e. The van der Waals surface area contributed by atoms with E-state index in [0.29, 0.717) is 16.3 Å². The van der Waals surface area contributed by atoms with Gasteiger partial charge in [-0.3, -0.25) is 19.7 Å². The van der Waals surface area contributed by atoms with Gasteiger partial charge in [0.05, 0.1) is 17.1 Å². The maximum atomic E-state index is 12.0. The van der Waals surface area contributed by atoms with E-state index in [0.717, 1.165) is 0 Å². The van der Waals surface area contributed by atoms with E-state index in [1.807, 2.05) is 0 Å². The van der Waals surface area contributed by atoms with E-state index in [1.165, 1.54) is 0 Å². The quantitative estimate of drug-likeness (QED) is 0.522. The highest BCUT2D eigenvalue weighted by atomic mass is 35.5. The van der Waals surface area contributed by atoms with E-state index in [4.69, 9.17) is 11.6 Å². The maximum absolute atomic E-state index is 12.0. The van der Waals surface area contributed by atoms with Crippen molar-refractivity contribution in [1.29, 1.82) is 0 Å². The summed E-state index contributed by atoms with van der Waals surface area (Å²) in [5.41, 5.74) is -0.542. The summed E-state index contributed by atoms with van der Waals surface area (Å²) >= 11 is 5.95. The van der Waals surface area contributed by atoms with Crippen LogP contribution in [0.2, 0.25) is 5.02 Å². The monoisotopic (exact) mass is 250 g/mol. The molecule has 0 bridgehead atoms. The van der Waals surface area contributed by atoms with Crippen LogP contribution in [-0.4, -0.2) is 17.7 Å². The molecule has 0 aliphatic carbocycles. The standard InChI is InChI=1S/C11H7ClN2O3/c12-6-3-1-2-5-8(6)14-10(17)11(5)4-7(15)13-9(11)16/h1-3H,4H2,(H,14,17)(H,13,15,16). The molecule has 1 spiro atoms. The lowest BCUT2D eigenvalue weighted by Gasteiger charge is -2.15. The Bertz CT molecular complexity index is 584. The molecule has 3 amide bonds. The Hall–Kier alpha value is -1.88. The molecule has 2 aliphatic heterocycles. The summed E-state index contributed by atoms with van der Waals surface area (Å²) in [5, 5.41) is 5.08. The molecule has 2 N–H and O–H groups in total. The molecule has 6 heteroatoms. The second kappa shape index (κ2) is 3.07.